The first-order valence-electron chi connectivity index (χ1n) is 5.99. The van der Waals surface area contributed by atoms with E-state index in [2.05, 4.69) is 4.98 Å². The molecule has 5 nitrogen and oxygen atoms in total. The first-order chi connectivity index (χ1) is 8.54. The first kappa shape index (κ1) is 12.4. The van der Waals surface area contributed by atoms with Crippen molar-refractivity contribution in [3.8, 4) is 0 Å². The molecule has 0 radical (unpaired) electrons. The van der Waals surface area contributed by atoms with Gasteiger partial charge in [0.1, 0.15) is 0 Å². The topological polar surface area (TPSA) is 75.1 Å². The van der Waals surface area contributed by atoms with Crippen LogP contribution in [0.5, 0.6) is 0 Å². The monoisotopic (exact) mass is 248 g/mol. The van der Waals surface area contributed by atoms with Gasteiger partial charge in [-0.05, 0) is 18.1 Å². The number of rotatable bonds is 4. The van der Waals surface area contributed by atoms with Gasteiger partial charge in [0.2, 0.25) is 0 Å². The Morgan fingerprint density at radius 1 is 1.50 bits per heavy atom. The molecular weight excluding hydrogens is 232 g/mol. The highest BCUT2D eigenvalue weighted by molar-refractivity contribution is 6.01. The van der Waals surface area contributed by atoms with Crippen LogP contribution in [0.4, 0.5) is 0 Å². The second-order valence-corrected chi connectivity index (χ2v) is 4.56. The molecule has 2 rings (SSSR count). The summed E-state index contributed by atoms with van der Waals surface area (Å²) < 4.78 is 1.52. The molecule has 0 aliphatic rings. The number of imidazole rings is 1. The van der Waals surface area contributed by atoms with E-state index in [1.807, 2.05) is 13.8 Å². The van der Waals surface area contributed by atoms with Crippen molar-refractivity contribution in [2.45, 2.75) is 26.8 Å². The predicted molar refractivity (Wildman–Crippen MR) is 69.0 cm³/mol. The molecule has 1 aromatic heterocycles. The number of benzene rings is 1. The number of hydrogen-bond acceptors (Lipinski definition) is 2. The summed E-state index contributed by atoms with van der Waals surface area (Å²) in [5.74, 6) is -0.693. The standard InChI is InChI=1S/C13H16N2O3/c1-3-8(2)7-15-11-9(12(16)17)5-4-6-10(11)14-13(15)18/h4-6,8H,3,7H2,1-2H3,(H,14,18)(H,16,17). The van der Waals surface area contributed by atoms with E-state index >= 15 is 0 Å². The lowest BCUT2D eigenvalue weighted by Crippen LogP contribution is -2.21. The first-order valence-corrected chi connectivity index (χ1v) is 5.99. The number of aromatic carboxylic acids is 1. The zero-order valence-electron chi connectivity index (χ0n) is 10.4. The SMILES string of the molecule is CCC(C)Cn1c(=O)[nH]c2cccc(C(=O)O)c21. The molecule has 0 amide bonds. The molecular formula is C13H16N2O3. The normalized spacial score (nSPS) is 12.8. The minimum absolute atomic E-state index is 0.161. The number of aromatic amines is 1. The average Bonchev–Trinajstić information content (AvgIpc) is 2.65. The molecule has 1 aromatic carbocycles. The lowest BCUT2D eigenvalue weighted by molar-refractivity contribution is 0.0698. The van der Waals surface area contributed by atoms with Crippen LogP contribution in [0.15, 0.2) is 23.0 Å². The summed E-state index contributed by atoms with van der Waals surface area (Å²) in [6.07, 6.45) is 0.939. The number of carboxylic acids is 1. The molecule has 0 aliphatic heterocycles. The third-order valence-electron chi connectivity index (χ3n) is 3.21. The Labute approximate surface area is 104 Å². The number of hydrogen-bond donors (Lipinski definition) is 2. The fraction of sp³-hybridized carbons (Fsp3) is 0.385. The minimum atomic E-state index is -1.02. The summed E-state index contributed by atoms with van der Waals surface area (Å²) in [6.45, 7) is 4.61. The van der Waals surface area contributed by atoms with E-state index in [-0.39, 0.29) is 11.3 Å². The number of nitrogens with zero attached hydrogens (tertiary/aromatic N) is 1. The number of carboxylic acid groups (broad SMARTS) is 1. The predicted octanol–water partition coefficient (Wildman–Crippen LogP) is 2.07. The molecule has 0 fully saturated rings. The third kappa shape index (κ3) is 2.03. The molecule has 96 valence electrons. The number of nitrogens with one attached hydrogen (secondary N) is 1. The van der Waals surface area contributed by atoms with E-state index < -0.39 is 5.97 Å². The Hall–Kier alpha value is -2.04. The second kappa shape index (κ2) is 4.68. The highest BCUT2D eigenvalue weighted by Gasteiger charge is 2.16. The van der Waals surface area contributed by atoms with Crippen molar-refractivity contribution in [3.05, 3.63) is 34.2 Å². The van der Waals surface area contributed by atoms with Crippen molar-refractivity contribution < 1.29 is 9.90 Å². The van der Waals surface area contributed by atoms with E-state index in [1.165, 1.54) is 10.6 Å². The van der Waals surface area contributed by atoms with Gasteiger partial charge < -0.3 is 10.1 Å². The second-order valence-electron chi connectivity index (χ2n) is 4.56. The number of aromatic nitrogens is 2. The van der Waals surface area contributed by atoms with Gasteiger partial charge in [0, 0.05) is 6.54 Å². The van der Waals surface area contributed by atoms with Crippen LogP contribution in [-0.4, -0.2) is 20.6 Å². The van der Waals surface area contributed by atoms with Crippen LogP contribution in [0.2, 0.25) is 0 Å². The van der Waals surface area contributed by atoms with E-state index in [0.29, 0.717) is 23.5 Å². The Morgan fingerprint density at radius 2 is 2.22 bits per heavy atom. The molecule has 1 atom stereocenters. The molecule has 0 aliphatic carbocycles. The maximum absolute atomic E-state index is 11.9. The smallest absolute Gasteiger partial charge is 0.337 e. The Bertz CT molecular complexity index is 639. The largest absolute Gasteiger partial charge is 0.478 e. The van der Waals surface area contributed by atoms with Crippen molar-refractivity contribution in [1.82, 2.24) is 9.55 Å². The summed E-state index contributed by atoms with van der Waals surface area (Å²) in [6, 6.07) is 4.87. The summed E-state index contributed by atoms with van der Waals surface area (Å²) in [7, 11) is 0. The van der Waals surface area contributed by atoms with Gasteiger partial charge in [-0.15, -0.1) is 0 Å². The van der Waals surface area contributed by atoms with Gasteiger partial charge in [-0.3, -0.25) is 4.57 Å². The van der Waals surface area contributed by atoms with Crippen LogP contribution >= 0.6 is 0 Å². The Kier molecular flexibility index (Phi) is 3.23. The van der Waals surface area contributed by atoms with E-state index in [0.717, 1.165) is 6.42 Å². The molecule has 2 N–H and O–H groups in total. The zero-order chi connectivity index (χ0) is 13.3. The molecule has 0 saturated carbocycles. The lowest BCUT2D eigenvalue weighted by atomic mass is 10.1. The maximum atomic E-state index is 11.9. The Balaban J connectivity index is 2.68. The van der Waals surface area contributed by atoms with Crippen LogP contribution in [0.25, 0.3) is 11.0 Å². The van der Waals surface area contributed by atoms with Crippen molar-refractivity contribution in [2.75, 3.05) is 0 Å². The molecule has 1 heterocycles. The molecule has 0 bridgehead atoms. The summed E-state index contributed by atoms with van der Waals surface area (Å²) in [4.78, 5) is 25.8. The summed E-state index contributed by atoms with van der Waals surface area (Å²) in [5.41, 5.74) is 0.964. The summed E-state index contributed by atoms with van der Waals surface area (Å²) >= 11 is 0. The van der Waals surface area contributed by atoms with E-state index in [1.54, 1.807) is 12.1 Å². The number of H-pyrrole nitrogens is 1. The molecule has 0 spiro atoms. The van der Waals surface area contributed by atoms with Crippen molar-refractivity contribution in [2.24, 2.45) is 5.92 Å². The van der Waals surface area contributed by atoms with Crippen LogP contribution in [-0.2, 0) is 6.54 Å². The van der Waals surface area contributed by atoms with Gasteiger partial charge in [0.05, 0.1) is 16.6 Å². The highest BCUT2D eigenvalue weighted by Crippen LogP contribution is 2.17. The lowest BCUT2D eigenvalue weighted by Gasteiger charge is -2.10. The van der Waals surface area contributed by atoms with Crippen LogP contribution in [0, 0.1) is 5.92 Å². The Morgan fingerprint density at radius 3 is 2.83 bits per heavy atom. The van der Waals surface area contributed by atoms with Crippen LogP contribution < -0.4 is 5.69 Å². The number of fused-ring (bicyclic) bond motifs is 1. The van der Waals surface area contributed by atoms with Gasteiger partial charge >= 0.3 is 11.7 Å². The van der Waals surface area contributed by atoms with Gasteiger partial charge in [0.25, 0.3) is 0 Å². The molecule has 0 saturated heterocycles. The van der Waals surface area contributed by atoms with Crippen LogP contribution in [0.1, 0.15) is 30.6 Å². The number of para-hydroxylation sites is 1. The van der Waals surface area contributed by atoms with Crippen LogP contribution in [0.3, 0.4) is 0 Å². The average molecular weight is 248 g/mol. The van der Waals surface area contributed by atoms with Gasteiger partial charge in [-0.1, -0.05) is 26.3 Å². The van der Waals surface area contributed by atoms with Crippen molar-refractivity contribution in [1.29, 1.82) is 0 Å². The molecule has 2 aromatic rings. The van der Waals surface area contributed by atoms with Gasteiger partial charge in [-0.2, -0.15) is 0 Å². The zero-order valence-corrected chi connectivity index (χ0v) is 10.4. The van der Waals surface area contributed by atoms with E-state index in [4.69, 9.17) is 0 Å². The van der Waals surface area contributed by atoms with Crippen molar-refractivity contribution >= 4 is 17.0 Å². The fourth-order valence-corrected chi connectivity index (χ4v) is 2.01. The van der Waals surface area contributed by atoms with E-state index in [9.17, 15) is 14.7 Å². The summed E-state index contributed by atoms with van der Waals surface area (Å²) in [5, 5.41) is 9.18. The fourth-order valence-electron chi connectivity index (χ4n) is 2.01. The highest BCUT2D eigenvalue weighted by atomic mass is 16.4. The number of carbonyl (C=O) groups is 1. The molecule has 1 unspecified atom stereocenters. The van der Waals surface area contributed by atoms with Crippen molar-refractivity contribution in [3.63, 3.8) is 0 Å². The van der Waals surface area contributed by atoms with Gasteiger partial charge in [-0.25, -0.2) is 9.59 Å². The third-order valence-corrected chi connectivity index (χ3v) is 3.21. The molecule has 5 heteroatoms. The molecule has 18 heavy (non-hydrogen) atoms. The van der Waals surface area contributed by atoms with Gasteiger partial charge in [0.15, 0.2) is 0 Å². The minimum Gasteiger partial charge on any atom is -0.478 e. The quantitative estimate of drug-likeness (QED) is 0.869. The maximum Gasteiger partial charge on any atom is 0.337 e.